The number of aromatic nitrogens is 2. The summed E-state index contributed by atoms with van der Waals surface area (Å²) in [5.41, 5.74) is 9.51. The molecule has 2 aromatic heterocycles. The summed E-state index contributed by atoms with van der Waals surface area (Å²) in [6, 6.07) is 23.4. The SMILES string of the molecule is Brc1ccc2c(c1)CN1CN2Cc2cc(C=Nc3ccc4nc(/C=C/c5ccncc5)sc4c3)ccc21. The summed E-state index contributed by atoms with van der Waals surface area (Å²) in [6.45, 7) is 2.77. The maximum atomic E-state index is 4.79. The van der Waals surface area contributed by atoms with E-state index in [1.54, 1.807) is 23.7 Å². The predicted octanol–water partition coefficient (Wildman–Crippen LogP) is 7.67. The third-order valence-electron chi connectivity index (χ3n) is 6.77. The number of benzene rings is 3. The quantitative estimate of drug-likeness (QED) is 0.210. The van der Waals surface area contributed by atoms with E-state index in [0.29, 0.717) is 0 Å². The summed E-state index contributed by atoms with van der Waals surface area (Å²) in [4.78, 5) is 18.5. The van der Waals surface area contributed by atoms with Crippen LogP contribution in [-0.4, -0.2) is 22.9 Å². The molecular weight excluding hydrogens is 542 g/mol. The summed E-state index contributed by atoms with van der Waals surface area (Å²) in [5.74, 6) is 0. The Morgan fingerprint density at radius 2 is 1.59 bits per heavy atom. The number of hydrogen-bond donors (Lipinski definition) is 0. The first kappa shape index (κ1) is 22.4. The van der Waals surface area contributed by atoms with Crippen LogP contribution in [0.1, 0.15) is 27.3 Å². The third kappa shape index (κ3) is 4.45. The Morgan fingerprint density at radius 3 is 2.43 bits per heavy atom. The smallest absolute Gasteiger partial charge is 0.117 e. The van der Waals surface area contributed by atoms with Crippen LogP contribution in [-0.2, 0) is 13.1 Å². The van der Waals surface area contributed by atoms with Crippen LogP contribution < -0.4 is 9.80 Å². The number of nitrogens with zero attached hydrogens (tertiary/aromatic N) is 5. The molecule has 0 aliphatic carbocycles. The maximum Gasteiger partial charge on any atom is 0.117 e. The van der Waals surface area contributed by atoms with Gasteiger partial charge in [0.25, 0.3) is 0 Å². The van der Waals surface area contributed by atoms with Crippen molar-refractivity contribution in [2.75, 3.05) is 16.5 Å². The second-order valence-corrected chi connectivity index (χ2v) is 11.3. The first-order valence-electron chi connectivity index (χ1n) is 12.1. The van der Waals surface area contributed by atoms with Crippen LogP contribution in [0.2, 0.25) is 0 Å². The minimum atomic E-state index is 0.907. The van der Waals surface area contributed by atoms with Crippen molar-refractivity contribution >= 4 is 72.9 Å². The zero-order valence-electron chi connectivity index (χ0n) is 19.9. The van der Waals surface area contributed by atoms with Crippen LogP contribution in [0.25, 0.3) is 22.4 Å². The lowest BCUT2D eigenvalue weighted by Gasteiger charge is -2.44. The zero-order chi connectivity index (χ0) is 24.8. The second-order valence-electron chi connectivity index (χ2n) is 9.27. The van der Waals surface area contributed by atoms with Gasteiger partial charge in [-0.2, -0.15) is 0 Å². The van der Waals surface area contributed by atoms with Gasteiger partial charge in [0.05, 0.1) is 22.6 Å². The molecule has 0 atom stereocenters. The average molecular weight is 565 g/mol. The fourth-order valence-electron chi connectivity index (χ4n) is 5.02. The van der Waals surface area contributed by atoms with Crippen molar-refractivity contribution < 1.29 is 0 Å². The third-order valence-corrected chi connectivity index (χ3v) is 8.24. The molecule has 0 saturated heterocycles. The molecule has 5 nitrogen and oxygen atoms in total. The number of aliphatic imine (C=N–C) groups is 1. The van der Waals surface area contributed by atoms with Gasteiger partial charge < -0.3 is 9.80 Å². The fraction of sp³-hybridized carbons (Fsp3) is 0.100. The molecule has 2 bridgehead atoms. The number of thiazole rings is 1. The Kier molecular flexibility index (Phi) is 5.60. The van der Waals surface area contributed by atoms with Crippen molar-refractivity contribution in [2.45, 2.75) is 13.1 Å². The molecule has 7 rings (SSSR count). The normalized spacial score (nSPS) is 14.5. The molecule has 0 spiro atoms. The van der Waals surface area contributed by atoms with Crippen molar-refractivity contribution in [3.05, 3.63) is 111 Å². The molecule has 4 heterocycles. The van der Waals surface area contributed by atoms with E-state index in [9.17, 15) is 0 Å². The lowest BCUT2D eigenvalue weighted by atomic mass is 10.0. The maximum absolute atomic E-state index is 4.79. The van der Waals surface area contributed by atoms with E-state index in [2.05, 4.69) is 85.3 Å². The minimum Gasteiger partial charge on any atom is -0.349 e. The molecule has 7 heteroatoms. The van der Waals surface area contributed by atoms with Crippen molar-refractivity contribution in [1.29, 1.82) is 0 Å². The van der Waals surface area contributed by atoms with E-state index in [1.165, 1.54) is 22.5 Å². The van der Waals surface area contributed by atoms with Crippen LogP contribution in [0.4, 0.5) is 17.1 Å². The van der Waals surface area contributed by atoms with E-state index in [-0.39, 0.29) is 0 Å². The van der Waals surface area contributed by atoms with Gasteiger partial charge in [-0.25, -0.2) is 4.98 Å². The molecule has 3 aromatic carbocycles. The van der Waals surface area contributed by atoms with E-state index < -0.39 is 0 Å². The zero-order valence-corrected chi connectivity index (χ0v) is 22.3. The number of halogens is 1. The first-order chi connectivity index (χ1) is 18.2. The first-order valence-corrected chi connectivity index (χ1v) is 13.7. The van der Waals surface area contributed by atoms with Gasteiger partial charge in [-0.15, -0.1) is 11.3 Å². The number of fused-ring (bicyclic) bond motifs is 7. The average Bonchev–Trinajstić information content (AvgIpc) is 3.33. The highest BCUT2D eigenvalue weighted by atomic mass is 79.9. The minimum absolute atomic E-state index is 0.907. The van der Waals surface area contributed by atoms with Crippen LogP contribution in [0.15, 0.2) is 88.6 Å². The van der Waals surface area contributed by atoms with Crippen molar-refractivity contribution in [2.24, 2.45) is 4.99 Å². The number of hydrogen-bond acceptors (Lipinski definition) is 6. The van der Waals surface area contributed by atoms with Crippen LogP contribution in [0.5, 0.6) is 0 Å². The Morgan fingerprint density at radius 1 is 0.811 bits per heavy atom. The van der Waals surface area contributed by atoms with Crippen LogP contribution >= 0.6 is 27.3 Å². The molecule has 2 aliphatic heterocycles. The van der Waals surface area contributed by atoms with Gasteiger partial charge in [0.1, 0.15) is 5.01 Å². The highest BCUT2D eigenvalue weighted by Crippen LogP contribution is 2.39. The molecule has 2 aliphatic rings. The fourth-order valence-corrected chi connectivity index (χ4v) is 6.34. The summed E-state index contributed by atoms with van der Waals surface area (Å²) >= 11 is 5.29. The van der Waals surface area contributed by atoms with Crippen LogP contribution in [0.3, 0.4) is 0 Å². The standard InChI is InChI=1S/C30H22BrN5S/c31-24-3-7-28-23(14-24)18-36-19-35(28)17-22-13-21(1-6-27(22)36)16-33-25-4-5-26-29(15-25)37-30(34-26)8-2-20-9-11-32-12-10-20/h1-16H,17-19H2/b8-2+,33-16?. The molecule has 180 valence electrons. The molecule has 0 fully saturated rings. The molecule has 0 saturated carbocycles. The van der Waals surface area contributed by atoms with E-state index in [0.717, 1.165) is 56.3 Å². The lowest BCUT2D eigenvalue weighted by molar-refractivity contribution is 0.650. The molecule has 0 N–H and O–H groups in total. The monoisotopic (exact) mass is 563 g/mol. The van der Waals surface area contributed by atoms with Crippen molar-refractivity contribution in [1.82, 2.24) is 9.97 Å². The highest BCUT2D eigenvalue weighted by molar-refractivity contribution is 9.10. The van der Waals surface area contributed by atoms with Crippen molar-refractivity contribution in [3.8, 4) is 0 Å². The second kappa shape index (κ2) is 9.25. The molecule has 37 heavy (non-hydrogen) atoms. The largest absolute Gasteiger partial charge is 0.349 e. The molecule has 5 aromatic rings. The summed E-state index contributed by atoms with van der Waals surface area (Å²) in [6.07, 6.45) is 9.67. The summed E-state index contributed by atoms with van der Waals surface area (Å²) < 4.78 is 2.27. The Bertz CT molecular complexity index is 1690. The summed E-state index contributed by atoms with van der Waals surface area (Å²) in [7, 11) is 0. The Balaban J connectivity index is 1.11. The van der Waals surface area contributed by atoms with Gasteiger partial charge in [-0.3, -0.25) is 9.98 Å². The van der Waals surface area contributed by atoms with Crippen molar-refractivity contribution in [3.63, 3.8) is 0 Å². The number of rotatable bonds is 4. The Hall–Kier alpha value is -3.81. The summed E-state index contributed by atoms with van der Waals surface area (Å²) in [5, 5.41) is 0.979. The van der Waals surface area contributed by atoms with Gasteiger partial charge in [-0.1, -0.05) is 28.1 Å². The van der Waals surface area contributed by atoms with Gasteiger partial charge >= 0.3 is 0 Å². The van der Waals surface area contributed by atoms with Gasteiger partial charge in [0, 0.05) is 47.5 Å². The van der Waals surface area contributed by atoms with Gasteiger partial charge in [0.15, 0.2) is 0 Å². The number of pyridine rings is 1. The molecule has 0 unspecified atom stereocenters. The Labute approximate surface area is 227 Å². The van der Waals surface area contributed by atoms with Crippen LogP contribution in [0, 0.1) is 0 Å². The van der Waals surface area contributed by atoms with Gasteiger partial charge in [0.2, 0.25) is 0 Å². The highest BCUT2D eigenvalue weighted by Gasteiger charge is 2.29. The molecular formula is C30H22BrN5S. The lowest BCUT2D eigenvalue weighted by Crippen LogP contribution is -2.46. The van der Waals surface area contributed by atoms with Gasteiger partial charge in [-0.05, 0) is 89.0 Å². The van der Waals surface area contributed by atoms with E-state index >= 15 is 0 Å². The van der Waals surface area contributed by atoms with E-state index in [1.807, 2.05) is 30.5 Å². The predicted molar refractivity (Wildman–Crippen MR) is 158 cm³/mol. The number of anilines is 2. The van der Waals surface area contributed by atoms with E-state index in [4.69, 9.17) is 9.98 Å². The molecule has 0 amide bonds. The topological polar surface area (TPSA) is 44.6 Å². The molecule has 0 radical (unpaired) electrons.